The zero-order valence-corrected chi connectivity index (χ0v) is 10.0. The molecule has 0 N–H and O–H groups in total. The Balaban J connectivity index is 3.04. The van der Waals surface area contributed by atoms with Crippen LogP contribution < -0.4 is 0 Å². The number of aryl methyl sites for hydroxylation is 1. The Bertz CT molecular complexity index is 231. The van der Waals surface area contributed by atoms with E-state index in [1.165, 1.54) is 12.7 Å². The fourth-order valence-electron chi connectivity index (χ4n) is 0.760. The minimum Gasteiger partial charge on any atom is -0.0613 e. The van der Waals surface area contributed by atoms with Crippen LogP contribution in [-0.4, -0.2) is 0 Å². The van der Waals surface area contributed by atoms with Crippen LogP contribution in [0.15, 0.2) is 18.2 Å². The predicted molar refractivity (Wildman–Crippen MR) is 61.3 cm³/mol. The molecule has 0 aliphatic rings. The molecule has 0 nitrogen and oxygen atoms in total. The molecule has 1 aromatic rings. The summed E-state index contributed by atoms with van der Waals surface area (Å²) in [5.41, 5.74) is 1.42. The Labute approximate surface area is 88.7 Å². The van der Waals surface area contributed by atoms with Crippen LogP contribution in [0.1, 0.15) is 12.5 Å². The van der Waals surface area contributed by atoms with Gasteiger partial charge in [-0.25, -0.2) is 0 Å². The van der Waals surface area contributed by atoms with Gasteiger partial charge in [-0.05, 0) is 69.3 Å². The van der Waals surface area contributed by atoms with E-state index >= 15 is 0 Å². The maximum absolute atomic E-state index is 2.37. The molecule has 54 valence electrons. The second kappa shape index (κ2) is 3.90. The van der Waals surface area contributed by atoms with E-state index in [1.807, 2.05) is 0 Å². The lowest BCUT2D eigenvalue weighted by atomic mass is 10.2. The summed E-state index contributed by atoms with van der Waals surface area (Å²) >= 11 is 4.72. The lowest BCUT2D eigenvalue weighted by molar-refractivity contribution is 1.13. The highest BCUT2D eigenvalue weighted by Crippen LogP contribution is 2.16. The van der Waals surface area contributed by atoms with Crippen molar-refractivity contribution in [2.75, 3.05) is 0 Å². The summed E-state index contributed by atoms with van der Waals surface area (Å²) in [5.74, 6) is 0. The van der Waals surface area contributed by atoms with Gasteiger partial charge in [0.15, 0.2) is 0 Å². The summed E-state index contributed by atoms with van der Waals surface area (Å²) in [6.07, 6.45) is 1.13. The van der Waals surface area contributed by atoms with Gasteiger partial charge >= 0.3 is 0 Å². The molecule has 0 heterocycles. The van der Waals surface area contributed by atoms with Crippen LogP contribution >= 0.6 is 45.2 Å². The maximum Gasteiger partial charge on any atom is 0.0266 e. The molecule has 0 aliphatic heterocycles. The highest BCUT2D eigenvalue weighted by atomic mass is 127. The third kappa shape index (κ3) is 2.08. The standard InChI is InChI=1S/C8H8I2/c1-2-6-3-4-7(9)8(10)5-6/h3-5H,2H2,1H3. The van der Waals surface area contributed by atoms with E-state index < -0.39 is 0 Å². The Morgan fingerprint density at radius 1 is 1.20 bits per heavy atom. The van der Waals surface area contributed by atoms with E-state index in [1.54, 1.807) is 0 Å². The van der Waals surface area contributed by atoms with Gasteiger partial charge in [-0.3, -0.25) is 0 Å². The van der Waals surface area contributed by atoms with E-state index in [4.69, 9.17) is 0 Å². The van der Waals surface area contributed by atoms with Gasteiger partial charge in [-0.15, -0.1) is 0 Å². The first-order chi connectivity index (χ1) is 4.74. The predicted octanol–water partition coefficient (Wildman–Crippen LogP) is 3.46. The Hall–Kier alpha value is 0.680. The van der Waals surface area contributed by atoms with Gasteiger partial charge in [-0.2, -0.15) is 0 Å². The Morgan fingerprint density at radius 2 is 1.90 bits per heavy atom. The molecule has 0 amide bonds. The van der Waals surface area contributed by atoms with Gasteiger partial charge in [0.1, 0.15) is 0 Å². The number of benzene rings is 1. The van der Waals surface area contributed by atoms with Crippen LogP contribution in [0, 0.1) is 7.14 Å². The van der Waals surface area contributed by atoms with Gasteiger partial charge in [-0.1, -0.05) is 13.0 Å². The largest absolute Gasteiger partial charge is 0.0613 e. The average molecular weight is 358 g/mol. The van der Waals surface area contributed by atoms with Gasteiger partial charge in [0.2, 0.25) is 0 Å². The molecule has 2 heteroatoms. The van der Waals surface area contributed by atoms with Crippen molar-refractivity contribution in [3.05, 3.63) is 30.9 Å². The molecule has 0 atom stereocenters. The van der Waals surface area contributed by atoms with Gasteiger partial charge in [0.05, 0.1) is 0 Å². The molecule has 1 rings (SSSR count). The summed E-state index contributed by atoms with van der Waals surface area (Å²) in [6, 6.07) is 6.59. The fourth-order valence-corrected chi connectivity index (χ4v) is 1.67. The summed E-state index contributed by atoms with van der Waals surface area (Å²) in [6.45, 7) is 2.18. The smallest absolute Gasteiger partial charge is 0.0266 e. The first kappa shape index (κ1) is 8.77. The normalized spacial score (nSPS) is 9.90. The van der Waals surface area contributed by atoms with Crippen LogP contribution in [0.3, 0.4) is 0 Å². The van der Waals surface area contributed by atoms with Crippen molar-refractivity contribution in [1.29, 1.82) is 0 Å². The zero-order valence-electron chi connectivity index (χ0n) is 5.70. The van der Waals surface area contributed by atoms with Gasteiger partial charge in [0.25, 0.3) is 0 Å². The molecule has 0 radical (unpaired) electrons. The molecule has 1 aromatic carbocycles. The highest BCUT2D eigenvalue weighted by molar-refractivity contribution is 14.1. The first-order valence-corrected chi connectivity index (χ1v) is 5.33. The molecule has 0 fully saturated rings. The minimum absolute atomic E-state index is 1.13. The van der Waals surface area contributed by atoms with E-state index in [-0.39, 0.29) is 0 Å². The number of rotatable bonds is 1. The zero-order chi connectivity index (χ0) is 7.56. The van der Waals surface area contributed by atoms with E-state index in [9.17, 15) is 0 Å². The summed E-state index contributed by atoms with van der Waals surface area (Å²) < 4.78 is 2.70. The molecule has 0 saturated heterocycles. The molecular weight excluding hydrogens is 350 g/mol. The van der Waals surface area contributed by atoms with E-state index in [0.717, 1.165) is 6.42 Å². The van der Waals surface area contributed by atoms with Crippen LogP contribution in [0.2, 0.25) is 0 Å². The highest BCUT2D eigenvalue weighted by Gasteiger charge is 1.94. The number of halogens is 2. The SMILES string of the molecule is CCc1ccc(I)c(I)c1. The molecule has 0 saturated carbocycles. The van der Waals surface area contributed by atoms with E-state index in [2.05, 4.69) is 70.3 Å². The summed E-state index contributed by atoms with van der Waals surface area (Å²) in [5, 5.41) is 0. The van der Waals surface area contributed by atoms with Crippen molar-refractivity contribution in [2.45, 2.75) is 13.3 Å². The van der Waals surface area contributed by atoms with E-state index in [0.29, 0.717) is 0 Å². The van der Waals surface area contributed by atoms with Crippen molar-refractivity contribution < 1.29 is 0 Å². The minimum atomic E-state index is 1.13. The third-order valence-electron chi connectivity index (χ3n) is 1.39. The second-order valence-corrected chi connectivity index (χ2v) is 4.43. The molecule has 0 aromatic heterocycles. The Morgan fingerprint density at radius 3 is 2.40 bits per heavy atom. The maximum atomic E-state index is 2.37. The van der Waals surface area contributed by atoms with Crippen molar-refractivity contribution in [3.8, 4) is 0 Å². The van der Waals surface area contributed by atoms with Crippen LogP contribution in [0.25, 0.3) is 0 Å². The second-order valence-electron chi connectivity index (χ2n) is 2.10. The molecule has 0 spiro atoms. The number of hydrogen-bond donors (Lipinski definition) is 0. The molecule has 0 bridgehead atoms. The molecule has 0 unspecified atom stereocenters. The van der Waals surface area contributed by atoms with Crippen molar-refractivity contribution in [3.63, 3.8) is 0 Å². The quantitative estimate of drug-likeness (QED) is 0.675. The number of hydrogen-bond acceptors (Lipinski definition) is 0. The van der Waals surface area contributed by atoms with Crippen molar-refractivity contribution in [1.82, 2.24) is 0 Å². The van der Waals surface area contributed by atoms with Crippen molar-refractivity contribution in [2.24, 2.45) is 0 Å². The van der Waals surface area contributed by atoms with Crippen LogP contribution in [0.4, 0.5) is 0 Å². The van der Waals surface area contributed by atoms with Gasteiger partial charge in [0, 0.05) is 7.14 Å². The van der Waals surface area contributed by atoms with Crippen molar-refractivity contribution >= 4 is 45.2 Å². The third-order valence-corrected chi connectivity index (χ3v) is 4.26. The van der Waals surface area contributed by atoms with Crippen LogP contribution in [-0.2, 0) is 6.42 Å². The molecule has 10 heavy (non-hydrogen) atoms. The monoisotopic (exact) mass is 358 g/mol. The summed E-state index contributed by atoms with van der Waals surface area (Å²) in [4.78, 5) is 0. The van der Waals surface area contributed by atoms with Gasteiger partial charge < -0.3 is 0 Å². The first-order valence-electron chi connectivity index (χ1n) is 3.18. The summed E-state index contributed by atoms with van der Waals surface area (Å²) in [7, 11) is 0. The molecular formula is C8H8I2. The Kier molecular flexibility index (Phi) is 3.42. The van der Waals surface area contributed by atoms with Crippen LogP contribution in [0.5, 0.6) is 0 Å². The molecule has 0 aliphatic carbocycles. The fraction of sp³-hybridized carbons (Fsp3) is 0.250. The average Bonchev–Trinajstić information content (AvgIpc) is 1.95. The topological polar surface area (TPSA) is 0 Å². The lowest BCUT2D eigenvalue weighted by Crippen LogP contribution is -1.83. The lowest BCUT2D eigenvalue weighted by Gasteiger charge is -1.98.